The molecule has 0 saturated carbocycles. The number of aromatic carboxylic acids is 1. The van der Waals surface area contributed by atoms with E-state index in [0.717, 1.165) is 6.07 Å². The van der Waals surface area contributed by atoms with Gasteiger partial charge in [-0.25, -0.2) is 9.18 Å². The molecule has 2 aromatic rings. The average molecular weight is 292 g/mol. The number of carboxylic acids is 1. The van der Waals surface area contributed by atoms with E-state index in [-0.39, 0.29) is 5.69 Å². The molecule has 3 N–H and O–H groups in total. The van der Waals surface area contributed by atoms with E-state index in [0.29, 0.717) is 9.79 Å². The Morgan fingerprint density at radius 1 is 1.20 bits per heavy atom. The maximum Gasteiger partial charge on any atom is 0.338 e. The van der Waals surface area contributed by atoms with Crippen molar-refractivity contribution in [3.63, 3.8) is 0 Å². The van der Waals surface area contributed by atoms with Gasteiger partial charge in [0.05, 0.1) is 5.56 Å². The van der Waals surface area contributed by atoms with E-state index in [1.54, 1.807) is 6.07 Å². The number of carbonyl (C=O) groups excluding carboxylic acids is 1. The Labute approximate surface area is 117 Å². The lowest BCUT2D eigenvalue weighted by Gasteiger charge is -2.04. The second kappa shape index (κ2) is 5.70. The van der Waals surface area contributed by atoms with E-state index in [1.165, 1.54) is 36.2 Å². The molecule has 2 rings (SSSR count). The van der Waals surface area contributed by atoms with Crippen molar-refractivity contribution in [3.05, 3.63) is 53.6 Å². The lowest BCUT2D eigenvalue weighted by atomic mass is 10.2. The molecule has 1 aromatic carbocycles. The fourth-order valence-electron chi connectivity index (χ4n) is 1.48. The molecule has 1 aromatic heterocycles. The first kappa shape index (κ1) is 14.0. The van der Waals surface area contributed by atoms with Crippen LogP contribution in [0.3, 0.4) is 0 Å². The number of pyridine rings is 1. The largest absolute Gasteiger partial charge is 0.478 e. The van der Waals surface area contributed by atoms with Crippen molar-refractivity contribution in [2.45, 2.75) is 9.79 Å². The number of aromatic nitrogens is 1. The molecule has 5 nitrogen and oxygen atoms in total. The first-order chi connectivity index (χ1) is 9.47. The third-order valence-electron chi connectivity index (χ3n) is 2.39. The molecule has 0 saturated heterocycles. The van der Waals surface area contributed by atoms with Crippen molar-refractivity contribution >= 4 is 23.6 Å². The van der Waals surface area contributed by atoms with Crippen LogP contribution in [0.5, 0.6) is 0 Å². The van der Waals surface area contributed by atoms with Gasteiger partial charge in [0, 0.05) is 16.0 Å². The van der Waals surface area contributed by atoms with Crippen LogP contribution in [0.2, 0.25) is 0 Å². The summed E-state index contributed by atoms with van der Waals surface area (Å²) in [6, 6.07) is 6.89. The van der Waals surface area contributed by atoms with Crippen molar-refractivity contribution < 1.29 is 19.1 Å². The topological polar surface area (TPSA) is 93.3 Å². The van der Waals surface area contributed by atoms with Crippen LogP contribution in [-0.2, 0) is 0 Å². The van der Waals surface area contributed by atoms with Crippen LogP contribution >= 0.6 is 11.8 Å². The Balaban J connectivity index is 2.30. The van der Waals surface area contributed by atoms with Crippen LogP contribution in [0.25, 0.3) is 0 Å². The van der Waals surface area contributed by atoms with Crippen molar-refractivity contribution in [1.82, 2.24) is 4.98 Å². The summed E-state index contributed by atoms with van der Waals surface area (Å²) in [6.45, 7) is 0. The molecule has 0 bridgehead atoms. The van der Waals surface area contributed by atoms with Crippen LogP contribution in [-0.4, -0.2) is 22.0 Å². The Morgan fingerprint density at radius 3 is 2.55 bits per heavy atom. The van der Waals surface area contributed by atoms with Gasteiger partial charge in [0.15, 0.2) is 0 Å². The van der Waals surface area contributed by atoms with E-state index in [4.69, 9.17) is 10.8 Å². The van der Waals surface area contributed by atoms with Gasteiger partial charge in [0.25, 0.3) is 5.91 Å². The summed E-state index contributed by atoms with van der Waals surface area (Å²) in [5.74, 6) is -2.79. The number of rotatable bonds is 4. The maximum atomic E-state index is 13.3. The number of amides is 1. The minimum absolute atomic E-state index is 0.107. The number of nitrogens with zero attached hydrogens (tertiary/aromatic N) is 1. The van der Waals surface area contributed by atoms with Crippen molar-refractivity contribution in [2.75, 3.05) is 0 Å². The molecule has 0 fully saturated rings. The fraction of sp³-hybridized carbons (Fsp3) is 0. The number of carboxylic acid groups (broad SMARTS) is 1. The van der Waals surface area contributed by atoms with Crippen LogP contribution in [0, 0.1) is 5.82 Å². The number of carbonyl (C=O) groups is 2. The number of halogens is 1. The molecule has 0 aliphatic rings. The van der Waals surface area contributed by atoms with Crippen LogP contribution in [0.1, 0.15) is 20.8 Å². The van der Waals surface area contributed by atoms with Gasteiger partial charge in [-0.05, 0) is 30.3 Å². The highest BCUT2D eigenvalue weighted by atomic mass is 32.2. The molecule has 0 aliphatic carbocycles. The SMILES string of the molecule is NC(=O)c1cc(Sc2ccc(F)c(C(=O)O)c2)ccn1. The van der Waals surface area contributed by atoms with E-state index >= 15 is 0 Å². The number of hydrogen-bond acceptors (Lipinski definition) is 4. The Bertz CT molecular complexity index is 691. The van der Waals surface area contributed by atoms with Crippen LogP contribution in [0.4, 0.5) is 4.39 Å². The molecular formula is C13H9FN2O3S. The maximum absolute atomic E-state index is 13.3. The minimum Gasteiger partial charge on any atom is -0.478 e. The first-order valence-corrected chi connectivity index (χ1v) is 6.25. The van der Waals surface area contributed by atoms with Crippen molar-refractivity contribution in [2.24, 2.45) is 5.73 Å². The summed E-state index contributed by atoms with van der Waals surface area (Å²) >= 11 is 1.18. The molecule has 102 valence electrons. The lowest BCUT2D eigenvalue weighted by Crippen LogP contribution is -2.12. The van der Waals surface area contributed by atoms with E-state index in [2.05, 4.69) is 4.98 Å². The zero-order valence-electron chi connectivity index (χ0n) is 10.0. The molecule has 0 unspecified atom stereocenters. The molecule has 0 aliphatic heterocycles. The second-order valence-corrected chi connectivity index (χ2v) is 4.94. The smallest absolute Gasteiger partial charge is 0.338 e. The van der Waals surface area contributed by atoms with Crippen LogP contribution < -0.4 is 5.73 Å². The molecule has 1 amide bonds. The highest BCUT2D eigenvalue weighted by molar-refractivity contribution is 7.99. The molecule has 0 radical (unpaired) electrons. The highest BCUT2D eigenvalue weighted by Crippen LogP contribution is 2.29. The average Bonchev–Trinajstić information content (AvgIpc) is 2.41. The highest BCUT2D eigenvalue weighted by Gasteiger charge is 2.12. The minimum atomic E-state index is -1.34. The van der Waals surface area contributed by atoms with Gasteiger partial charge in [-0.1, -0.05) is 11.8 Å². The molecule has 20 heavy (non-hydrogen) atoms. The Kier molecular flexibility index (Phi) is 3.99. The summed E-state index contributed by atoms with van der Waals surface area (Å²) in [5.41, 5.74) is 4.83. The van der Waals surface area contributed by atoms with E-state index in [1.807, 2.05) is 0 Å². The van der Waals surface area contributed by atoms with Gasteiger partial charge in [-0.2, -0.15) is 0 Å². The van der Waals surface area contributed by atoms with Crippen molar-refractivity contribution in [3.8, 4) is 0 Å². The summed E-state index contributed by atoms with van der Waals surface area (Å²) < 4.78 is 13.3. The number of hydrogen-bond donors (Lipinski definition) is 2. The molecule has 0 atom stereocenters. The number of benzene rings is 1. The third kappa shape index (κ3) is 3.12. The fourth-order valence-corrected chi connectivity index (χ4v) is 2.36. The monoisotopic (exact) mass is 292 g/mol. The normalized spacial score (nSPS) is 10.2. The Morgan fingerprint density at radius 2 is 1.90 bits per heavy atom. The number of nitrogens with two attached hydrogens (primary N) is 1. The molecule has 0 spiro atoms. The third-order valence-corrected chi connectivity index (χ3v) is 3.37. The van der Waals surface area contributed by atoms with Gasteiger partial charge in [-0.3, -0.25) is 9.78 Å². The standard InChI is InChI=1S/C13H9FN2O3S/c14-10-2-1-7(5-9(10)13(18)19)20-8-3-4-16-11(6-8)12(15)17/h1-6H,(H2,15,17)(H,18,19). The lowest BCUT2D eigenvalue weighted by molar-refractivity contribution is 0.0691. The second-order valence-electron chi connectivity index (χ2n) is 3.79. The predicted octanol–water partition coefficient (Wildman–Crippen LogP) is 2.17. The summed E-state index contributed by atoms with van der Waals surface area (Å²) in [7, 11) is 0. The van der Waals surface area contributed by atoms with Crippen molar-refractivity contribution in [1.29, 1.82) is 0 Å². The molecule has 7 heteroatoms. The first-order valence-electron chi connectivity index (χ1n) is 5.44. The quantitative estimate of drug-likeness (QED) is 0.900. The summed E-state index contributed by atoms with van der Waals surface area (Å²) in [5, 5.41) is 8.85. The molecule has 1 heterocycles. The zero-order valence-corrected chi connectivity index (χ0v) is 10.9. The Hall–Kier alpha value is -2.41. The molecular weight excluding hydrogens is 283 g/mol. The van der Waals surface area contributed by atoms with E-state index in [9.17, 15) is 14.0 Å². The number of primary amides is 1. The van der Waals surface area contributed by atoms with Gasteiger partial charge in [0.1, 0.15) is 11.5 Å². The summed E-state index contributed by atoms with van der Waals surface area (Å²) in [4.78, 5) is 26.8. The van der Waals surface area contributed by atoms with E-state index < -0.39 is 23.3 Å². The van der Waals surface area contributed by atoms with Gasteiger partial charge in [-0.15, -0.1) is 0 Å². The van der Waals surface area contributed by atoms with Gasteiger partial charge >= 0.3 is 5.97 Å². The predicted molar refractivity (Wildman–Crippen MR) is 70.2 cm³/mol. The van der Waals surface area contributed by atoms with Gasteiger partial charge < -0.3 is 10.8 Å². The van der Waals surface area contributed by atoms with Crippen LogP contribution in [0.15, 0.2) is 46.3 Å². The zero-order chi connectivity index (χ0) is 14.7. The summed E-state index contributed by atoms with van der Waals surface area (Å²) in [6.07, 6.45) is 1.42. The van der Waals surface area contributed by atoms with Gasteiger partial charge in [0.2, 0.25) is 0 Å².